The zero-order chi connectivity index (χ0) is 10.7. The maximum Gasteiger partial charge on any atom is 0.226 e. The van der Waals surface area contributed by atoms with Gasteiger partial charge in [-0.05, 0) is 32.7 Å². The van der Waals surface area contributed by atoms with Crippen LogP contribution < -0.4 is 5.73 Å². The van der Waals surface area contributed by atoms with Crippen LogP contribution in [0.15, 0.2) is 10.6 Å². The van der Waals surface area contributed by atoms with E-state index in [1.54, 1.807) is 6.20 Å². The lowest BCUT2D eigenvalue weighted by Crippen LogP contribution is -2.30. The molecule has 1 aromatic heterocycles. The molecule has 4 nitrogen and oxygen atoms in total. The third-order valence-corrected chi connectivity index (χ3v) is 2.87. The van der Waals surface area contributed by atoms with Gasteiger partial charge in [-0.3, -0.25) is 0 Å². The number of aromatic nitrogens is 1. The fraction of sp³-hybridized carbons (Fsp3) is 0.727. The van der Waals surface area contributed by atoms with Gasteiger partial charge in [0.1, 0.15) is 11.4 Å². The summed E-state index contributed by atoms with van der Waals surface area (Å²) in [5.74, 6) is 1.55. The second-order valence-corrected chi connectivity index (χ2v) is 4.21. The van der Waals surface area contributed by atoms with E-state index in [-0.39, 0.29) is 5.60 Å². The number of nitrogens with two attached hydrogens (primary N) is 1. The van der Waals surface area contributed by atoms with Crippen LogP contribution in [0.25, 0.3) is 0 Å². The lowest BCUT2D eigenvalue weighted by Gasteiger charge is -2.30. The summed E-state index contributed by atoms with van der Waals surface area (Å²) < 4.78 is 11.4. The highest BCUT2D eigenvalue weighted by atomic mass is 16.5. The van der Waals surface area contributed by atoms with Crippen LogP contribution in [0.3, 0.4) is 0 Å². The Kier molecular flexibility index (Phi) is 3.07. The summed E-state index contributed by atoms with van der Waals surface area (Å²) >= 11 is 0. The van der Waals surface area contributed by atoms with Crippen LogP contribution in [-0.4, -0.2) is 18.1 Å². The number of oxazole rings is 1. The molecule has 0 aliphatic carbocycles. The highest BCUT2D eigenvalue weighted by molar-refractivity contribution is 5.03. The summed E-state index contributed by atoms with van der Waals surface area (Å²) in [4.78, 5) is 4.28. The van der Waals surface area contributed by atoms with E-state index in [0.29, 0.717) is 12.4 Å². The third-order valence-electron chi connectivity index (χ3n) is 2.87. The van der Waals surface area contributed by atoms with E-state index in [1.165, 1.54) is 6.42 Å². The Balaban J connectivity index is 2.12. The SMILES string of the molecule is CC1(c2ncc(CCN)o2)CCCCO1. The smallest absolute Gasteiger partial charge is 0.226 e. The van der Waals surface area contributed by atoms with Crippen LogP contribution in [0.1, 0.15) is 37.8 Å². The van der Waals surface area contributed by atoms with Crippen molar-refractivity contribution in [3.63, 3.8) is 0 Å². The average Bonchev–Trinajstić information content (AvgIpc) is 2.69. The summed E-state index contributed by atoms with van der Waals surface area (Å²) in [6, 6.07) is 0. The topological polar surface area (TPSA) is 61.3 Å². The Morgan fingerprint density at radius 1 is 1.53 bits per heavy atom. The fourth-order valence-electron chi connectivity index (χ4n) is 1.91. The molecule has 1 saturated heterocycles. The van der Waals surface area contributed by atoms with Gasteiger partial charge >= 0.3 is 0 Å². The Hall–Kier alpha value is -0.870. The molecule has 2 rings (SSSR count). The molecule has 1 aliphatic rings. The van der Waals surface area contributed by atoms with Crippen molar-refractivity contribution in [2.24, 2.45) is 5.73 Å². The van der Waals surface area contributed by atoms with Crippen molar-refractivity contribution in [3.8, 4) is 0 Å². The maximum atomic E-state index is 5.76. The number of hydrogen-bond donors (Lipinski definition) is 1. The van der Waals surface area contributed by atoms with Crippen molar-refractivity contribution >= 4 is 0 Å². The molecule has 84 valence electrons. The van der Waals surface area contributed by atoms with Crippen LogP contribution in [0.5, 0.6) is 0 Å². The molecule has 2 heterocycles. The lowest BCUT2D eigenvalue weighted by molar-refractivity contribution is -0.0870. The van der Waals surface area contributed by atoms with Gasteiger partial charge in [0.25, 0.3) is 0 Å². The molecule has 2 N–H and O–H groups in total. The van der Waals surface area contributed by atoms with Crippen molar-refractivity contribution in [1.29, 1.82) is 0 Å². The number of hydrogen-bond acceptors (Lipinski definition) is 4. The molecule has 0 radical (unpaired) electrons. The van der Waals surface area contributed by atoms with Crippen LogP contribution in [-0.2, 0) is 16.8 Å². The molecule has 15 heavy (non-hydrogen) atoms. The molecular formula is C11H18N2O2. The largest absolute Gasteiger partial charge is 0.443 e. The van der Waals surface area contributed by atoms with Gasteiger partial charge in [0.05, 0.1) is 6.20 Å². The fourth-order valence-corrected chi connectivity index (χ4v) is 1.91. The first-order valence-electron chi connectivity index (χ1n) is 5.54. The van der Waals surface area contributed by atoms with Crippen LogP contribution in [0, 0.1) is 0 Å². The molecule has 0 aromatic carbocycles. The molecule has 0 saturated carbocycles. The Labute approximate surface area is 89.8 Å². The van der Waals surface area contributed by atoms with Gasteiger partial charge in [0, 0.05) is 13.0 Å². The highest BCUT2D eigenvalue weighted by Gasteiger charge is 2.34. The molecule has 1 unspecified atom stereocenters. The van der Waals surface area contributed by atoms with Crippen molar-refractivity contribution in [1.82, 2.24) is 4.98 Å². The van der Waals surface area contributed by atoms with E-state index in [0.717, 1.165) is 31.6 Å². The second kappa shape index (κ2) is 4.33. The zero-order valence-electron chi connectivity index (χ0n) is 9.16. The third kappa shape index (κ3) is 2.21. The van der Waals surface area contributed by atoms with E-state index in [1.807, 2.05) is 6.92 Å². The summed E-state index contributed by atoms with van der Waals surface area (Å²) in [7, 11) is 0. The van der Waals surface area contributed by atoms with E-state index in [4.69, 9.17) is 14.9 Å². The van der Waals surface area contributed by atoms with Gasteiger partial charge < -0.3 is 14.9 Å². The molecule has 1 aromatic rings. The van der Waals surface area contributed by atoms with Gasteiger partial charge in [-0.1, -0.05) is 0 Å². The molecule has 0 bridgehead atoms. The molecular weight excluding hydrogens is 192 g/mol. The van der Waals surface area contributed by atoms with E-state index >= 15 is 0 Å². The Morgan fingerprint density at radius 3 is 3.07 bits per heavy atom. The van der Waals surface area contributed by atoms with Gasteiger partial charge in [-0.25, -0.2) is 4.98 Å². The van der Waals surface area contributed by atoms with Crippen molar-refractivity contribution < 1.29 is 9.15 Å². The standard InChI is InChI=1S/C11H18N2O2/c1-11(5-2-3-7-14-11)10-13-8-9(15-10)4-6-12/h8H,2-7,12H2,1H3. The van der Waals surface area contributed by atoms with E-state index < -0.39 is 0 Å². The minimum atomic E-state index is -0.328. The maximum absolute atomic E-state index is 5.76. The van der Waals surface area contributed by atoms with Crippen LogP contribution >= 0.6 is 0 Å². The Morgan fingerprint density at radius 2 is 2.40 bits per heavy atom. The summed E-state index contributed by atoms with van der Waals surface area (Å²) in [5, 5.41) is 0. The first-order chi connectivity index (χ1) is 7.24. The van der Waals surface area contributed by atoms with Crippen molar-refractivity contribution in [2.45, 2.75) is 38.2 Å². The first kappa shape index (κ1) is 10.6. The second-order valence-electron chi connectivity index (χ2n) is 4.21. The summed E-state index contributed by atoms with van der Waals surface area (Å²) in [5.41, 5.74) is 5.13. The van der Waals surface area contributed by atoms with Crippen LogP contribution in [0.2, 0.25) is 0 Å². The molecule has 0 amide bonds. The monoisotopic (exact) mass is 210 g/mol. The number of rotatable bonds is 3. The van der Waals surface area contributed by atoms with Crippen molar-refractivity contribution in [3.05, 3.63) is 17.8 Å². The number of ether oxygens (including phenoxy) is 1. The molecule has 1 aliphatic heterocycles. The number of nitrogens with zero attached hydrogens (tertiary/aromatic N) is 1. The van der Waals surface area contributed by atoms with Crippen molar-refractivity contribution in [2.75, 3.05) is 13.2 Å². The minimum Gasteiger partial charge on any atom is -0.443 e. The molecule has 1 atom stereocenters. The quantitative estimate of drug-likeness (QED) is 0.823. The van der Waals surface area contributed by atoms with E-state index in [9.17, 15) is 0 Å². The van der Waals surface area contributed by atoms with Gasteiger partial charge in [0.2, 0.25) is 5.89 Å². The highest BCUT2D eigenvalue weighted by Crippen LogP contribution is 2.34. The zero-order valence-corrected chi connectivity index (χ0v) is 9.16. The predicted molar refractivity (Wildman–Crippen MR) is 56.4 cm³/mol. The van der Waals surface area contributed by atoms with Gasteiger partial charge in [-0.15, -0.1) is 0 Å². The van der Waals surface area contributed by atoms with Gasteiger partial charge in [-0.2, -0.15) is 0 Å². The summed E-state index contributed by atoms with van der Waals surface area (Å²) in [6.07, 6.45) is 5.78. The predicted octanol–water partition coefficient (Wildman–Crippen LogP) is 1.59. The molecule has 0 spiro atoms. The Bertz CT molecular complexity index is 316. The van der Waals surface area contributed by atoms with E-state index in [2.05, 4.69) is 4.98 Å². The van der Waals surface area contributed by atoms with Crippen LogP contribution in [0.4, 0.5) is 0 Å². The normalized spacial score (nSPS) is 26.8. The minimum absolute atomic E-state index is 0.328. The summed E-state index contributed by atoms with van der Waals surface area (Å²) in [6.45, 7) is 3.43. The molecule has 1 fully saturated rings. The van der Waals surface area contributed by atoms with Gasteiger partial charge in [0.15, 0.2) is 0 Å². The average molecular weight is 210 g/mol. The first-order valence-corrected chi connectivity index (χ1v) is 5.54. The molecule has 4 heteroatoms. The lowest BCUT2D eigenvalue weighted by atomic mass is 9.96.